The number of hydrogen-bond acceptors (Lipinski definition) is 12. The zero-order chi connectivity index (χ0) is 30.4. The zero-order valence-corrected chi connectivity index (χ0v) is 23.6. The fraction of sp³-hybridized carbons (Fsp3) is 0.448. The minimum absolute atomic E-state index is 0.0303. The van der Waals surface area contributed by atoms with Gasteiger partial charge in [-0.25, -0.2) is 0 Å². The van der Waals surface area contributed by atoms with Crippen molar-refractivity contribution in [1.29, 1.82) is 0 Å². The van der Waals surface area contributed by atoms with Gasteiger partial charge in [0, 0.05) is 38.8 Å². The van der Waals surface area contributed by atoms with Crippen LogP contribution in [0, 0.1) is 0 Å². The number of fused-ring (bicyclic) bond motifs is 1. The molecule has 0 aromatic heterocycles. The topological polar surface area (TPSA) is 158 Å². The lowest BCUT2D eigenvalue weighted by Gasteiger charge is -2.44. The molecule has 1 aromatic carbocycles. The number of hydrogen-bond donors (Lipinski definition) is 0. The average Bonchev–Trinajstić information content (AvgIpc) is 2.88. The van der Waals surface area contributed by atoms with Crippen molar-refractivity contribution in [1.82, 2.24) is 0 Å². The lowest BCUT2D eigenvalue weighted by atomic mass is 9.86. The molecule has 1 aliphatic heterocycles. The van der Waals surface area contributed by atoms with Gasteiger partial charge in [0.25, 0.3) is 0 Å². The predicted molar refractivity (Wildman–Crippen MR) is 139 cm³/mol. The Hall–Kier alpha value is -4.32. The molecular weight excluding hydrogens is 540 g/mol. The van der Waals surface area contributed by atoms with E-state index in [1.165, 1.54) is 12.1 Å². The van der Waals surface area contributed by atoms with E-state index in [-0.39, 0.29) is 28.9 Å². The van der Waals surface area contributed by atoms with Gasteiger partial charge >= 0.3 is 23.9 Å². The second-order valence-electron chi connectivity index (χ2n) is 9.68. The van der Waals surface area contributed by atoms with Gasteiger partial charge in [0.15, 0.2) is 23.8 Å². The fourth-order valence-electron chi connectivity index (χ4n) is 4.42. The van der Waals surface area contributed by atoms with Crippen molar-refractivity contribution in [2.45, 2.75) is 78.7 Å². The van der Waals surface area contributed by atoms with Crippen LogP contribution in [0.1, 0.15) is 68.7 Å². The third-order valence-electron chi connectivity index (χ3n) is 6.07. The van der Waals surface area contributed by atoms with Crippen molar-refractivity contribution in [2.24, 2.45) is 0 Å². The molecule has 0 spiro atoms. The Morgan fingerprint density at radius 1 is 0.756 bits per heavy atom. The van der Waals surface area contributed by atoms with E-state index >= 15 is 0 Å². The Labute approximate surface area is 236 Å². The van der Waals surface area contributed by atoms with Crippen molar-refractivity contribution in [3.05, 3.63) is 58.4 Å². The van der Waals surface area contributed by atoms with Crippen LogP contribution in [0.3, 0.4) is 0 Å². The van der Waals surface area contributed by atoms with Crippen LogP contribution in [-0.4, -0.2) is 72.8 Å². The molecule has 0 amide bonds. The van der Waals surface area contributed by atoms with E-state index in [0.29, 0.717) is 0 Å². The van der Waals surface area contributed by atoms with Crippen molar-refractivity contribution in [3.8, 4) is 0 Å². The van der Waals surface area contributed by atoms with Crippen LogP contribution in [0.25, 0.3) is 0 Å². The molecule has 0 N–H and O–H groups in total. The highest BCUT2D eigenvalue weighted by atomic mass is 16.7. The molecule has 1 fully saturated rings. The van der Waals surface area contributed by atoms with Gasteiger partial charge < -0.3 is 28.4 Å². The maximum Gasteiger partial charge on any atom is 0.303 e. The van der Waals surface area contributed by atoms with E-state index in [0.717, 1.165) is 33.3 Å². The highest BCUT2D eigenvalue weighted by molar-refractivity contribution is 6.26. The maximum absolute atomic E-state index is 13.6. The summed E-state index contributed by atoms with van der Waals surface area (Å²) in [5.41, 5.74) is 1.20. The molecule has 5 unspecified atom stereocenters. The van der Waals surface area contributed by atoms with E-state index in [4.69, 9.17) is 28.4 Å². The summed E-state index contributed by atoms with van der Waals surface area (Å²) < 4.78 is 33.3. The first-order valence-corrected chi connectivity index (χ1v) is 12.8. The average molecular weight is 573 g/mol. The van der Waals surface area contributed by atoms with Crippen LogP contribution in [0.15, 0.2) is 47.2 Å². The number of rotatable bonds is 9. The van der Waals surface area contributed by atoms with E-state index in [2.05, 4.69) is 0 Å². The standard InChI is InChI=1S/C29H32O12/c1-14(2)11-12-21-23(34)19-9-7-8-10-20(19)24(35)25(21)41-29-28(39-18(6)33)27(38-17(5)32)26(37-16(4)31)22(40-29)13-36-15(3)30/h7-11,22,26-29H,12-13H2,1-6H3. The first-order valence-electron chi connectivity index (χ1n) is 12.8. The second kappa shape index (κ2) is 13.4. The van der Waals surface area contributed by atoms with Crippen molar-refractivity contribution < 1.29 is 57.2 Å². The normalized spacial score (nSPS) is 23.6. The summed E-state index contributed by atoms with van der Waals surface area (Å²) in [5, 5.41) is 0. The number of ether oxygens (including phenoxy) is 6. The summed E-state index contributed by atoms with van der Waals surface area (Å²) in [4.78, 5) is 74.9. The molecule has 0 bridgehead atoms. The van der Waals surface area contributed by atoms with Gasteiger partial charge in [-0.2, -0.15) is 0 Å². The van der Waals surface area contributed by atoms with Crippen LogP contribution in [0.4, 0.5) is 0 Å². The Morgan fingerprint density at radius 3 is 1.83 bits per heavy atom. The summed E-state index contributed by atoms with van der Waals surface area (Å²) in [7, 11) is 0. The molecule has 1 aliphatic carbocycles. The quantitative estimate of drug-likeness (QED) is 0.242. The Balaban J connectivity index is 2.15. The summed E-state index contributed by atoms with van der Waals surface area (Å²) in [6.07, 6.45) is -5.62. The minimum atomic E-state index is -1.66. The van der Waals surface area contributed by atoms with Crippen molar-refractivity contribution in [2.75, 3.05) is 6.61 Å². The second-order valence-corrected chi connectivity index (χ2v) is 9.68. The number of Topliss-reactive ketones (excluding diaryl/α,β-unsaturated/α-hetero) is 2. The number of carbonyl (C=O) groups excluding carboxylic acids is 6. The van der Waals surface area contributed by atoms with Crippen LogP contribution in [0.5, 0.6) is 0 Å². The number of ketones is 2. The van der Waals surface area contributed by atoms with Crippen molar-refractivity contribution >= 4 is 35.4 Å². The minimum Gasteiger partial charge on any atom is -0.463 e. The fourth-order valence-corrected chi connectivity index (χ4v) is 4.42. The van der Waals surface area contributed by atoms with Gasteiger partial charge in [0.1, 0.15) is 12.7 Å². The summed E-state index contributed by atoms with van der Waals surface area (Å²) in [5.74, 6) is -4.55. The molecule has 0 radical (unpaired) electrons. The summed E-state index contributed by atoms with van der Waals surface area (Å²) in [6, 6.07) is 6.23. The molecular formula is C29H32O12. The molecule has 3 rings (SSSR count). The lowest BCUT2D eigenvalue weighted by Crippen LogP contribution is -2.63. The summed E-state index contributed by atoms with van der Waals surface area (Å²) >= 11 is 0. The van der Waals surface area contributed by atoms with Crippen LogP contribution >= 0.6 is 0 Å². The van der Waals surface area contributed by atoms with Gasteiger partial charge in [-0.1, -0.05) is 35.9 Å². The molecule has 0 saturated carbocycles. The summed E-state index contributed by atoms with van der Waals surface area (Å²) in [6.45, 7) is 7.58. The molecule has 41 heavy (non-hydrogen) atoms. The van der Waals surface area contributed by atoms with Gasteiger partial charge in [0.05, 0.1) is 5.57 Å². The molecule has 12 nitrogen and oxygen atoms in total. The first-order chi connectivity index (χ1) is 19.3. The first kappa shape index (κ1) is 31.2. The van der Waals surface area contributed by atoms with Gasteiger partial charge in [-0.15, -0.1) is 0 Å². The van der Waals surface area contributed by atoms with E-state index < -0.39 is 72.8 Å². The van der Waals surface area contributed by atoms with E-state index in [9.17, 15) is 28.8 Å². The van der Waals surface area contributed by atoms with Gasteiger partial charge in [-0.05, 0) is 20.3 Å². The van der Waals surface area contributed by atoms with E-state index in [1.54, 1.807) is 18.2 Å². The molecule has 1 saturated heterocycles. The highest BCUT2D eigenvalue weighted by Crippen LogP contribution is 2.35. The number of carbonyl (C=O) groups is 6. The highest BCUT2D eigenvalue weighted by Gasteiger charge is 2.54. The SMILES string of the molecule is CC(=O)OCC1OC(OC2=C(CC=C(C)C)C(=O)c3ccccc3C2=O)C(OC(C)=O)C(OC(C)=O)C1OC(C)=O. The molecule has 220 valence electrons. The van der Waals surface area contributed by atoms with Crippen LogP contribution in [-0.2, 0) is 47.6 Å². The molecule has 2 aliphatic rings. The third kappa shape index (κ3) is 7.66. The van der Waals surface area contributed by atoms with Gasteiger partial charge in [0.2, 0.25) is 18.2 Å². The van der Waals surface area contributed by atoms with Crippen LogP contribution < -0.4 is 0 Å². The Morgan fingerprint density at radius 2 is 1.29 bits per heavy atom. The molecule has 1 heterocycles. The smallest absolute Gasteiger partial charge is 0.303 e. The Bertz CT molecular complexity index is 1300. The number of benzene rings is 1. The monoisotopic (exact) mass is 572 g/mol. The zero-order valence-electron chi connectivity index (χ0n) is 23.6. The van der Waals surface area contributed by atoms with Gasteiger partial charge in [-0.3, -0.25) is 28.8 Å². The molecule has 1 aromatic rings. The Kier molecular flexibility index (Phi) is 10.2. The third-order valence-corrected chi connectivity index (χ3v) is 6.07. The molecule has 5 atom stereocenters. The number of allylic oxidation sites excluding steroid dienone is 4. The molecule has 12 heteroatoms. The predicted octanol–water partition coefficient (Wildman–Crippen LogP) is 2.78. The van der Waals surface area contributed by atoms with Crippen molar-refractivity contribution in [3.63, 3.8) is 0 Å². The van der Waals surface area contributed by atoms with E-state index in [1.807, 2.05) is 13.8 Å². The largest absolute Gasteiger partial charge is 0.463 e. The lowest BCUT2D eigenvalue weighted by molar-refractivity contribution is -0.299. The van der Waals surface area contributed by atoms with Crippen LogP contribution in [0.2, 0.25) is 0 Å². The maximum atomic E-state index is 13.6. The number of esters is 4.